The van der Waals surface area contributed by atoms with Gasteiger partial charge in [0.15, 0.2) is 0 Å². The van der Waals surface area contributed by atoms with Crippen LogP contribution in [-0.4, -0.2) is 25.7 Å². The lowest BCUT2D eigenvalue weighted by Crippen LogP contribution is -2.36. The zero-order valence-corrected chi connectivity index (χ0v) is 11.1. The van der Waals surface area contributed by atoms with Crippen molar-refractivity contribution in [2.75, 3.05) is 19.8 Å². The molecule has 3 nitrogen and oxygen atoms in total. The maximum Gasteiger partial charge on any atom is 0.225 e. The molecular weight excluding hydrogens is 250 g/mol. The number of benzene rings is 1. The largest absolute Gasteiger partial charge is 0.381 e. The van der Waals surface area contributed by atoms with E-state index in [1.54, 1.807) is 0 Å². The van der Waals surface area contributed by atoms with Crippen LogP contribution in [0.2, 0.25) is 5.02 Å². The number of carbonyl (C=O) groups excluding carboxylic acids is 1. The van der Waals surface area contributed by atoms with Gasteiger partial charge < -0.3 is 10.1 Å². The third kappa shape index (κ3) is 4.00. The summed E-state index contributed by atoms with van der Waals surface area (Å²) in [7, 11) is 0. The maximum absolute atomic E-state index is 11.8. The van der Waals surface area contributed by atoms with Crippen LogP contribution >= 0.6 is 11.6 Å². The lowest BCUT2D eigenvalue weighted by atomic mass is 10.0. The Kier molecular flexibility index (Phi) is 5.02. The van der Waals surface area contributed by atoms with Crippen molar-refractivity contribution in [3.05, 3.63) is 34.9 Å². The van der Waals surface area contributed by atoms with Gasteiger partial charge in [0, 0.05) is 18.2 Å². The summed E-state index contributed by atoms with van der Waals surface area (Å²) in [6.45, 7) is 2.01. The topological polar surface area (TPSA) is 38.3 Å². The predicted octanol–water partition coefficient (Wildman–Crippen LogP) is 2.43. The highest BCUT2D eigenvalue weighted by atomic mass is 35.5. The second-order valence-corrected chi connectivity index (χ2v) is 5.02. The maximum atomic E-state index is 11.8. The van der Waals surface area contributed by atoms with E-state index in [1.165, 1.54) is 5.56 Å². The van der Waals surface area contributed by atoms with E-state index in [0.717, 1.165) is 30.9 Å². The minimum absolute atomic E-state index is 0.0315. The number of hydrogen-bond acceptors (Lipinski definition) is 2. The van der Waals surface area contributed by atoms with Crippen LogP contribution in [0.3, 0.4) is 0 Å². The van der Waals surface area contributed by atoms with Crippen LogP contribution in [0.5, 0.6) is 0 Å². The Morgan fingerprint density at radius 1 is 1.39 bits per heavy atom. The van der Waals surface area contributed by atoms with E-state index in [2.05, 4.69) is 5.32 Å². The zero-order valence-electron chi connectivity index (χ0n) is 10.3. The van der Waals surface area contributed by atoms with Gasteiger partial charge in [-0.15, -0.1) is 0 Å². The summed E-state index contributed by atoms with van der Waals surface area (Å²) in [5, 5.41) is 3.70. The molecule has 98 valence electrons. The third-order valence-electron chi connectivity index (χ3n) is 3.16. The molecule has 0 radical (unpaired) electrons. The third-order valence-corrected chi connectivity index (χ3v) is 3.41. The van der Waals surface area contributed by atoms with Crippen molar-refractivity contribution in [2.24, 2.45) is 5.92 Å². The Bertz CT molecular complexity index is 385. The lowest BCUT2D eigenvalue weighted by Gasteiger charge is -2.21. The van der Waals surface area contributed by atoms with Crippen molar-refractivity contribution < 1.29 is 9.53 Å². The highest BCUT2D eigenvalue weighted by Crippen LogP contribution is 2.13. The van der Waals surface area contributed by atoms with Crippen LogP contribution in [-0.2, 0) is 16.0 Å². The highest BCUT2D eigenvalue weighted by molar-refractivity contribution is 6.30. The Morgan fingerprint density at radius 2 is 2.17 bits per heavy atom. The first-order chi connectivity index (χ1) is 8.75. The number of ether oxygens (including phenoxy) is 1. The molecule has 0 spiro atoms. The van der Waals surface area contributed by atoms with E-state index in [4.69, 9.17) is 16.3 Å². The molecule has 1 aliphatic rings. The fraction of sp³-hybridized carbons (Fsp3) is 0.500. The average molecular weight is 268 g/mol. The standard InChI is InChI=1S/C14H18ClNO2/c15-13-5-3-11(4-6-13)7-8-16-14(17)12-2-1-9-18-10-12/h3-6,12H,1-2,7-10H2,(H,16,17). The molecule has 0 bridgehead atoms. The smallest absolute Gasteiger partial charge is 0.225 e. The summed E-state index contributed by atoms with van der Waals surface area (Å²) in [6, 6.07) is 7.71. The minimum Gasteiger partial charge on any atom is -0.381 e. The van der Waals surface area contributed by atoms with E-state index in [0.29, 0.717) is 13.2 Å². The normalized spacial score (nSPS) is 19.5. The minimum atomic E-state index is 0.0315. The predicted molar refractivity (Wildman–Crippen MR) is 71.7 cm³/mol. The zero-order chi connectivity index (χ0) is 12.8. The van der Waals surface area contributed by atoms with E-state index >= 15 is 0 Å². The first-order valence-corrected chi connectivity index (χ1v) is 6.73. The molecule has 1 unspecified atom stereocenters. The highest BCUT2D eigenvalue weighted by Gasteiger charge is 2.20. The van der Waals surface area contributed by atoms with Gasteiger partial charge in [0.25, 0.3) is 0 Å². The van der Waals surface area contributed by atoms with E-state index in [1.807, 2.05) is 24.3 Å². The molecule has 1 saturated heterocycles. The fourth-order valence-corrected chi connectivity index (χ4v) is 2.20. The number of carbonyl (C=O) groups is 1. The van der Waals surface area contributed by atoms with Crippen LogP contribution < -0.4 is 5.32 Å². The van der Waals surface area contributed by atoms with Crippen LogP contribution in [0.4, 0.5) is 0 Å². The van der Waals surface area contributed by atoms with Gasteiger partial charge in [0.1, 0.15) is 0 Å². The molecule has 1 aromatic carbocycles. The second-order valence-electron chi connectivity index (χ2n) is 4.58. The summed E-state index contributed by atoms with van der Waals surface area (Å²) in [5.41, 5.74) is 1.18. The Hall–Kier alpha value is -1.06. The first-order valence-electron chi connectivity index (χ1n) is 6.35. The Labute approximate surface area is 112 Å². The van der Waals surface area contributed by atoms with Gasteiger partial charge in [0.05, 0.1) is 12.5 Å². The summed E-state index contributed by atoms with van der Waals surface area (Å²) in [5.74, 6) is 0.146. The summed E-state index contributed by atoms with van der Waals surface area (Å²) in [4.78, 5) is 11.8. The Balaban J connectivity index is 1.71. The molecule has 1 heterocycles. The number of halogens is 1. The van der Waals surface area contributed by atoms with Gasteiger partial charge in [-0.2, -0.15) is 0 Å². The molecule has 1 amide bonds. The molecule has 2 rings (SSSR count). The molecule has 0 saturated carbocycles. The van der Waals surface area contributed by atoms with Crippen molar-refractivity contribution in [3.8, 4) is 0 Å². The molecule has 18 heavy (non-hydrogen) atoms. The fourth-order valence-electron chi connectivity index (χ4n) is 2.07. The summed E-state index contributed by atoms with van der Waals surface area (Å²) >= 11 is 5.81. The quantitative estimate of drug-likeness (QED) is 0.910. The Morgan fingerprint density at radius 3 is 2.83 bits per heavy atom. The van der Waals surface area contributed by atoms with Crippen molar-refractivity contribution >= 4 is 17.5 Å². The monoisotopic (exact) mass is 267 g/mol. The van der Waals surface area contributed by atoms with E-state index < -0.39 is 0 Å². The van der Waals surface area contributed by atoms with Gasteiger partial charge in [0.2, 0.25) is 5.91 Å². The van der Waals surface area contributed by atoms with Gasteiger partial charge >= 0.3 is 0 Å². The number of nitrogens with one attached hydrogen (secondary N) is 1. The first kappa shape index (κ1) is 13.4. The lowest BCUT2D eigenvalue weighted by molar-refractivity contribution is -0.128. The van der Waals surface area contributed by atoms with E-state index in [9.17, 15) is 4.79 Å². The second kappa shape index (κ2) is 6.76. The van der Waals surface area contributed by atoms with Crippen LogP contribution in [0.1, 0.15) is 18.4 Å². The molecule has 0 aromatic heterocycles. The number of hydrogen-bond donors (Lipinski definition) is 1. The molecule has 4 heteroatoms. The van der Waals surface area contributed by atoms with Crippen LogP contribution in [0, 0.1) is 5.92 Å². The SMILES string of the molecule is O=C(NCCc1ccc(Cl)cc1)C1CCCOC1. The summed E-state index contributed by atoms with van der Waals surface area (Å²) in [6.07, 6.45) is 2.75. The van der Waals surface area contributed by atoms with Gasteiger partial charge in [-0.05, 0) is 37.0 Å². The summed E-state index contributed by atoms with van der Waals surface area (Å²) < 4.78 is 5.31. The van der Waals surface area contributed by atoms with Gasteiger partial charge in [-0.25, -0.2) is 0 Å². The molecule has 1 N–H and O–H groups in total. The molecular formula is C14H18ClNO2. The van der Waals surface area contributed by atoms with Crippen LogP contribution in [0.15, 0.2) is 24.3 Å². The van der Waals surface area contributed by atoms with Gasteiger partial charge in [-0.1, -0.05) is 23.7 Å². The van der Waals surface area contributed by atoms with Crippen molar-refractivity contribution in [1.82, 2.24) is 5.32 Å². The number of rotatable bonds is 4. The van der Waals surface area contributed by atoms with Crippen LogP contribution in [0.25, 0.3) is 0 Å². The average Bonchev–Trinajstić information content (AvgIpc) is 2.42. The molecule has 0 aliphatic carbocycles. The van der Waals surface area contributed by atoms with Crippen molar-refractivity contribution in [3.63, 3.8) is 0 Å². The van der Waals surface area contributed by atoms with Crippen molar-refractivity contribution in [2.45, 2.75) is 19.3 Å². The van der Waals surface area contributed by atoms with Crippen molar-refractivity contribution in [1.29, 1.82) is 0 Å². The molecule has 1 aromatic rings. The molecule has 1 aliphatic heterocycles. The molecule has 1 fully saturated rings. The van der Waals surface area contributed by atoms with E-state index in [-0.39, 0.29) is 11.8 Å². The molecule has 1 atom stereocenters. The number of amides is 1. The van der Waals surface area contributed by atoms with Gasteiger partial charge in [-0.3, -0.25) is 4.79 Å².